The highest BCUT2D eigenvalue weighted by atomic mass is 19.1. The molecule has 0 spiro atoms. The number of allylic oxidation sites excluding steroid dienone is 4. The van der Waals surface area contributed by atoms with Crippen molar-refractivity contribution in [3.05, 3.63) is 58.4 Å². The van der Waals surface area contributed by atoms with E-state index < -0.39 is 5.82 Å². The Morgan fingerprint density at radius 2 is 2.19 bits per heavy atom. The Kier molecular flexibility index (Phi) is 3.69. The maximum absolute atomic E-state index is 14.0. The molecule has 0 unspecified atom stereocenters. The number of aryl methyl sites for hydroxylation is 1. The molecule has 108 valence electrons. The zero-order valence-corrected chi connectivity index (χ0v) is 12.0. The second-order valence-electron chi connectivity index (χ2n) is 5.16. The summed E-state index contributed by atoms with van der Waals surface area (Å²) in [7, 11) is 0. The Balaban J connectivity index is 2.35. The molecule has 0 bridgehead atoms. The Morgan fingerprint density at radius 3 is 2.90 bits per heavy atom. The van der Waals surface area contributed by atoms with E-state index >= 15 is 0 Å². The number of benzene rings is 1. The van der Waals surface area contributed by atoms with Crippen molar-refractivity contribution in [3.8, 4) is 0 Å². The summed E-state index contributed by atoms with van der Waals surface area (Å²) in [5.41, 5.74) is 0.909. The van der Waals surface area contributed by atoms with Crippen molar-refractivity contribution < 1.29 is 4.39 Å². The average molecular weight is 284 g/mol. The molecule has 0 saturated heterocycles. The summed E-state index contributed by atoms with van der Waals surface area (Å²) in [5, 5.41) is 0.0669. The molecule has 3 rings (SSSR count). The molecule has 1 aromatic carbocycles. The van der Waals surface area contributed by atoms with E-state index in [-0.39, 0.29) is 10.9 Å². The number of hydrogen-bond donors (Lipinski definition) is 0. The summed E-state index contributed by atoms with van der Waals surface area (Å²) in [4.78, 5) is 17.3. The van der Waals surface area contributed by atoms with E-state index in [9.17, 15) is 9.18 Å². The first kappa shape index (κ1) is 13.7. The summed E-state index contributed by atoms with van der Waals surface area (Å²) in [5.74, 6) is 0.181. The third kappa shape index (κ3) is 2.42. The normalized spacial score (nSPS) is 14.5. The molecule has 0 saturated carbocycles. The molecule has 0 radical (unpaired) electrons. The van der Waals surface area contributed by atoms with Crippen LogP contribution in [-0.4, -0.2) is 9.55 Å². The molecule has 0 fully saturated rings. The summed E-state index contributed by atoms with van der Waals surface area (Å²) >= 11 is 0. The molecular weight excluding hydrogens is 267 g/mol. The lowest BCUT2D eigenvalue weighted by molar-refractivity contribution is 0.636. The van der Waals surface area contributed by atoms with Crippen molar-refractivity contribution in [2.24, 2.45) is 0 Å². The zero-order chi connectivity index (χ0) is 14.8. The van der Waals surface area contributed by atoms with Gasteiger partial charge in [-0.05, 0) is 37.5 Å². The summed E-state index contributed by atoms with van der Waals surface area (Å²) in [6.45, 7) is 2.04. The highest BCUT2D eigenvalue weighted by molar-refractivity contribution is 5.79. The fourth-order valence-corrected chi connectivity index (χ4v) is 2.66. The maximum Gasteiger partial charge on any atom is 0.268 e. The topological polar surface area (TPSA) is 34.9 Å². The predicted molar refractivity (Wildman–Crippen MR) is 82.6 cm³/mol. The van der Waals surface area contributed by atoms with E-state index in [4.69, 9.17) is 0 Å². The van der Waals surface area contributed by atoms with Crippen LogP contribution < -0.4 is 5.56 Å². The Hall–Kier alpha value is -2.23. The Labute approximate surface area is 122 Å². The first-order chi connectivity index (χ1) is 10.2. The summed E-state index contributed by atoms with van der Waals surface area (Å²) < 4.78 is 15.6. The molecule has 0 aliphatic heterocycles. The van der Waals surface area contributed by atoms with Gasteiger partial charge in [0.15, 0.2) is 0 Å². The molecule has 4 heteroatoms. The summed E-state index contributed by atoms with van der Waals surface area (Å²) in [6.07, 6.45) is 9.38. The van der Waals surface area contributed by atoms with E-state index in [0.717, 1.165) is 25.0 Å². The van der Waals surface area contributed by atoms with Crippen LogP contribution in [-0.2, 0) is 6.42 Å². The highest BCUT2D eigenvalue weighted by Crippen LogP contribution is 2.19. The fraction of sp³-hybridized carbons (Fsp3) is 0.294. The molecule has 0 amide bonds. The second-order valence-corrected chi connectivity index (χ2v) is 5.16. The smallest absolute Gasteiger partial charge is 0.268 e. The average Bonchev–Trinajstić information content (AvgIpc) is 2.48. The van der Waals surface area contributed by atoms with Crippen molar-refractivity contribution in [2.45, 2.75) is 32.6 Å². The number of rotatable bonds is 3. The van der Waals surface area contributed by atoms with Gasteiger partial charge in [-0.2, -0.15) is 0 Å². The van der Waals surface area contributed by atoms with Crippen LogP contribution in [0.25, 0.3) is 16.6 Å². The van der Waals surface area contributed by atoms with Crippen molar-refractivity contribution in [2.75, 3.05) is 0 Å². The first-order valence-electron chi connectivity index (χ1n) is 7.29. The number of halogens is 1. The van der Waals surface area contributed by atoms with Crippen molar-refractivity contribution >= 4 is 16.6 Å². The Bertz CT molecular complexity index is 802. The lowest BCUT2D eigenvalue weighted by atomic mass is 10.1. The number of fused-ring (bicyclic) bond motifs is 1. The van der Waals surface area contributed by atoms with Crippen LogP contribution in [0.15, 0.2) is 41.2 Å². The molecule has 1 aliphatic carbocycles. The number of aromatic nitrogens is 2. The largest absolute Gasteiger partial charge is 0.268 e. The van der Waals surface area contributed by atoms with Gasteiger partial charge in [-0.15, -0.1) is 0 Å². The number of hydrogen-bond acceptors (Lipinski definition) is 2. The van der Waals surface area contributed by atoms with Gasteiger partial charge in [0.2, 0.25) is 0 Å². The van der Waals surface area contributed by atoms with Gasteiger partial charge in [0.25, 0.3) is 5.56 Å². The molecule has 3 nitrogen and oxygen atoms in total. The van der Waals surface area contributed by atoms with Crippen LogP contribution in [0.3, 0.4) is 0 Å². The van der Waals surface area contributed by atoms with Gasteiger partial charge < -0.3 is 0 Å². The minimum Gasteiger partial charge on any atom is -0.268 e. The minimum atomic E-state index is -0.512. The Morgan fingerprint density at radius 1 is 1.33 bits per heavy atom. The molecule has 21 heavy (non-hydrogen) atoms. The fourth-order valence-electron chi connectivity index (χ4n) is 2.66. The van der Waals surface area contributed by atoms with Gasteiger partial charge in [0, 0.05) is 12.1 Å². The van der Waals surface area contributed by atoms with Gasteiger partial charge in [-0.1, -0.05) is 25.1 Å². The lowest BCUT2D eigenvalue weighted by Gasteiger charge is -2.16. The van der Waals surface area contributed by atoms with E-state index in [0.29, 0.717) is 17.8 Å². The minimum absolute atomic E-state index is 0.0669. The third-order valence-electron chi connectivity index (χ3n) is 3.62. The van der Waals surface area contributed by atoms with Crippen molar-refractivity contribution in [1.29, 1.82) is 0 Å². The van der Waals surface area contributed by atoms with Crippen LogP contribution >= 0.6 is 0 Å². The van der Waals surface area contributed by atoms with Gasteiger partial charge in [0.05, 0.1) is 5.52 Å². The predicted octanol–water partition coefficient (Wildman–Crippen LogP) is 3.68. The first-order valence-corrected chi connectivity index (χ1v) is 7.29. The second kappa shape index (κ2) is 5.64. The van der Waals surface area contributed by atoms with Crippen LogP contribution in [0.5, 0.6) is 0 Å². The van der Waals surface area contributed by atoms with Crippen molar-refractivity contribution in [3.63, 3.8) is 0 Å². The molecule has 1 aliphatic rings. The standard InChI is InChI=1S/C17H17FN2O/c1-2-7-15-19-14-11-6-10-13(18)16(14)17(21)20(15)12-8-4-3-5-9-12/h4,6,8-11H,2-3,5,7H2,1H3. The molecule has 1 heterocycles. The van der Waals surface area contributed by atoms with Crippen LogP contribution in [0.1, 0.15) is 32.0 Å². The molecule has 1 aromatic heterocycles. The van der Waals surface area contributed by atoms with E-state index in [2.05, 4.69) is 4.98 Å². The highest BCUT2D eigenvalue weighted by Gasteiger charge is 2.15. The maximum atomic E-state index is 14.0. The van der Waals surface area contributed by atoms with Gasteiger partial charge in [-0.25, -0.2) is 9.37 Å². The van der Waals surface area contributed by atoms with E-state index in [1.54, 1.807) is 16.7 Å². The third-order valence-corrected chi connectivity index (χ3v) is 3.62. The van der Waals surface area contributed by atoms with Gasteiger partial charge >= 0.3 is 0 Å². The lowest BCUT2D eigenvalue weighted by Crippen LogP contribution is -2.25. The van der Waals surface area contributed by atoms with Gasteiger partial charge in [0.1, 0.15) is 17.0 Å². The molecule has 0 atom stereocenters. The zero-order valence-electron chi connectivity index (χ0n) is 12.0. The molecule has 0 N–H and O–H groups in total. The van der Waals surface area contributed by atoms with Crippen LogP contribution in [0.4, 0.5) is 4.39 Å². The van der Waals surface area contributed by atoms with Crippen molar-refractivity contribution in [1.82, 2.24) is 9.55 Å². The quantitative estimate of drug-likeness (QED) is 0.861. The van der Waals surface area contributed by atoms with Crippen LogP contribution in [0.2, 0.25) is 0 Å². The summed E-state index contributed by atoms with van der Waals surface area (Å²) in [6, 6.07) is 4.58. The molecule has 2 aromatic rings. The van der Waals surface area contributed by atoms with E-state index in [1.807, 2.05) is 25.2 Å². The SMILES string of the molecule is CCCc1nc2cccc(F)c2c(=O)n1C1=CCCC=C1. The monoisotopic (exact) mass is 284 g/mol. The molecular formula is C17H17FN2O. The van der Waals surface area contributed by atoms with Crippen LogP contribution in [0, 0.1) is 5.82 Å². The van der Waals surface area contributed by atoms with Gasteiger partial charge in [-0.3, -0.25) is 9.36 Å². The number of nitrogens with zero attached hydrogens (tertiary/aromatic N) is 2. The van der Waals surface area contributed by atoms with E-state index in [1.165, 1.54) is 6.07 Å².